The largest absolute Gasteiger partial charge is 0.481 e. The summed E-state index contributed by atoms with van der Waals surface area (Å²) in [6.07, 6.45) is 2.70. The lowest BCUT2D eigenvalue weighted by Gasteiger charge is -2.34. The molecule has 2 rings (SSSR count). The number of carboxylic acid groups (broad SMARTS) is 1. The van der Waals surface area contributed by atoms with Gasteiger partial charge in [-0.3, -0.25) is 4.79 Å². The molecule has 0 bridgehead atoms. The first kappa shape index (κ1) is 12.8. The molecule has 0 amide bonds. The molecule has 0 saturated carbocycles. The maximum absolute atomic E-state index is 11.4. The van der Waals surface area contributed by atoms with Crippen molar-refractivity contribution in [3.8, 4) is 0 Å². The molecular weight excluding hydrogens is 226 g/mol. The van der Waals surface area contributed by atoms with Crippen molar-refractivity contribution in [2.75, 3.05) is 20.1 Å². The predicted molar refractivity (Wildman–Crippen MR) is 72.5 cm³/mol. The molecule has 1 heterocycles. The van der Waals surface area contributed by atoms with Crippen LogP contribution in [0.3, 0.4) is 0 Å². The van der Waals surface area contributed by atoms with Gasteiger partial charge in [-0.2, -0.15) is 0 Å². The highest BCUT2D eigenvalue weighted by Gasteiger charge is 2.33. The maximum Gasteiger partial charge on any atom is 0.308 e. The number of piperidine rings is 1. The fourth-order valence-corrected chi connectivity index (χ4v) is 2.64. The van der Waals surface area contributed by atoms with Crippen LogP contribution in [-0.4, -0.2) is 36.1 Å². The Morgan fingerprint density at radius 2 is 2.11 bits per heavy atom. The van der Waals surface area contributed by atoms with Crippen LogP contribution < -0.4 is 0 Å². The summed E-state index contributed by atoms with van der Waals surface area (Å²) in [7, 11) is 1.98. The van der Waals surface area contributed by atoms with Crippen LogP contribution in [0, 0.1) is 5.92 Å². The maximum atomic E-state index is 11.4. The minimum atomic E-state index is -0.695. The van der Waals surface area contributed by atoms with Crippen LogP contribution in [-0.2, 0) is 4.79 Å². The molecule has 1 aliphatic rings. The quantitative estimate of drug-likeness (QED) is 0.889. The summed E-state index contributed by atoms with van der Waals surface area (Å²) in [6.45, 7) is 5.31. The van der Waals surface area contributed by atoms with Crippen LogP contribution in [0.1, 0.15) is 23.5 Å². The van der Waals surface area contributed by atoms with Crippen molar-refractivity contribution in [1.29, 1.82) is 0 Å². The normalized spacial score (nSPS) is 24.7. The van der Waals surface area contributed by atoms with Crippen molar-refractivity contribution in [3.05, 3.63) is 42.0 Å². The standard InChI is InChI=1S/C15H19NO2/c1-3-11-4-6-12(7-5-11)13-8-9-16(2)10-14(13)15(17)18/h3-7,13-14H,1,8-10H2,2H3,(H,17,18)/t13-,14?/m1/s1. The van der Waals surface area contributed by atoms with Crippen molar-refractivity contribution in [1.82, 2.24) is 4.90 Å². The van der Waals surface area contributed by atoms with Crippen LogP contribution in [0.15, 0.2) is 30.8 Å². The third kappa shape index (κ3) is 2.62. The van der Waals surface area contributed by atoms with Crippen molar-refractivity contribution < 1.29 is 9.90 Å². The van der Waals surface area contributed by atoms with Gasteiger partial charge < -0.3 is 10.0 Å². The van der Waals surface area contributed by atoms with E-state index in [4.69, 9.17) is 0 Å². The van der Waals surface area contributed by atoms with Gasteiger partial charge in [0, 0.05) is 6.54 Å². The first-order chi connectivity index (χ1) is 8.61. The second-order valence-electron chi connectivity index (χ2n) is 4.97. The SMILES string of the molecule is C=Cc1ccc([C@H]2CCN(C)CC2C(=O)O)cc1. The Morgan fingerprint density at radius 3 is 2.67 bits per heavy atom. The Balaban J connectivity index is 2.23. The predicted octanol–water partition coefficient (Wildman–Crippen LogP) is 2.45. The minimum Gasteiger partial charge on any atom is -0.481 e. The molecule has 1 aromatic rings. The van der Waals surface area contributed by atoms with Gasteiger partial charge in [0.15, 0.2) is 0 Å². The molecule has 3 heteroatoms. The number of likely N-dealkylation sites (tertiary alicyclic amines) is 1. The molecule has 1 N–H and O–H groups in total. The first-order valence-electron chi connectivity index (χ1n) is 6.25. The van der Waals surface area contributed by atoms with Crippen LogP contribution in [0.2, 0.25) is 0 Å². The first-order valence-corrected chi connectivity index (χ1v) is 6.25. The Bertz CT molecular complexity index is 438. The topological polar surface area (TPSA) is 40.5 Å². The molecule has 2 atom stereocenters. The third-order valence-corrected chi connectivity index (χ3v) is 3.73. The van der Waals surface area contributed by atoms with E-state index in [-0.39, 0.29) is 11.8 Å². The molecule has 0 spiro atoms. The van der Waals surface area contributed by atoms with Gasteiger partial charge in [0.2, 0.25) is 0 Å². The lowest BCUT2D eigenvalue weighted by Crippen LogP contribution is -2.40. The molecule has 1 aromatic carbocycles. The van der Waals surface area contributed by atoms with Gasteiger partial charge >= 0.3 is 5.97 Å². The lowest BCUT2D eigenvalue weighted by atomic mass is 9.80. The zero-order valence-electron chi connectivity index (χ0n) is 10.7. The Morgan fingerprint density at radius 1 is 1.44 bits per heavy atom. The zero-order chi connectivity index (χ0) is 13.1. The van der Waals surface area contributed by atoms with Gasteiger partial charge in [0.25, 0.3) is 0 Å². The summed E-state index contributed by atoms with van der Waals surface area (Å²) in [5, 5.41) is 9.35. The Labute approximate surface area is 108 Å². The van der Waals surface area contributed by atoms with Gasteiger partial charge in [-0.15, -0.1) is 0 Å². The number of rotatable bonds is 3. The lowest BCUT2D eigenvalue weighted by molar-refractivity contribution is -0.144. The van der Waals surface area contributed by atoms with Crippen molar-refractivity contribution >= 4 is 12.0 Å². The fraction of sp³-hybridized carbons (Fsp3) is 0.400. The molecule has 96 valence electrons. The molecule has 1 unspecified atom stereocenters. The van der Waals surface area contributed by atoms with E-state index >= 15 is 0 Å². The van der Waals surface area contributed by atoms with E-state index in [9.17, 15) is 9.90 Å². The van der Waals surface area contributed by atoms with E-state index in [1.807, 2.05) is 31.3 Å². The fourth-order valence-electron chi connectivity index (χ4n) is 2.64. The van der Waals surface area contributed by atoms with Crippen LogP contribution >= 0.6 is 0 Å². The molecule has 1 saturated heterocycles. The minimum absolute atomic E-state index is 0.123. The van der Waals surface area contributed by atoms with Crippen molar-refractivity contribution in [2.45, 2.75) is 12.3 Å². The number of carbonyl (C=O) groups is 1. The number of benzene rings is 1. The highest BCUT2D eigenvalue weighted by molar-refractivity contribution is 5.72. The van der Waals surface area contributed by atoms with Crippen molar-refractivity contribution in [3.63, 3.8) is 0 Å². The monoisotopic (exact) mass is 245 g/mol. The van der Waals surface area contributed by atoms with Crippen LogP contribution in [0.25, 0.3) is 6.08 Å². The third-order valence-electron chi connectivity index (χ3n) is 3.73. The summed E-state index contributed by atoms with van der Waals surface area (Å²) in [4.78, 5) is 13.5. The number of hydrogen-bond donors (Lipinski definition) is 1. The average molecular weight is 245 g/mol. The van der Waals surface area contributed by atoms with Crippen LogP contribution in [0.5, 0.6) is 0 Å². The van der Waals surface area contributed by atoms with Gasteiger partial charge in [-0.1, -0.05) is 36.9 Å². The molecule has 0 aromatic heterocycles. The summed E-state index contributed by atoms with van der Waals surface area (Å²) in [5.74, 6) is -0.879. The molecule has 18 heavy (non-hydrogen) atoms. The zero-order valence-corrected chi connectivity index (χ0v) is 10.7. The van der Waals surface area contributed by atoms with Gasteiger partial charge in [-0.05, 0) is 37.1 Å². The van der Waals surface area contributed by atoms with E-state index in [2.05, 4.69) is 11.5 Å². The van der Waals surface area contributed by atoms with Crippen LogP contribution in [0.4, 0.5) is 0 Å². The number of hydrogen-bond acceptors (Lipinski definition) is 2. The summed E-state index contributed by atoms with van der Waals surface area (Å²) in [6, 6.07) is 8.06. The van der Waals surface area contributed by atoms with Gasteiger partial charge in [-0.25, -0.2) is 0 Å². The van der Waals surface area contributed by atoms with Gasteiger partial charge in [0.05, 0.1) is 5.92 Å². The molecule has 0 aliphatic carbocycles. The summed E-state index contributed by atoms with van der Waals surface area (Å²) in [5.41, 5.74) is 2.19. The highest BCUT2D eigenvalue weighted by Crippen LogP contribution is 2.32. The Kier molecular flexibility index (Phi) is 3.82. The highest BCUT2D eigenvalue weighted by atomic mass is 16.4. The molecule has 3 nitrogen and oxygen atoms in total. The Hall–Kier alpha value is -1.61. The number of carboxylic acids is 1. The second kappa shape index (κ2) is 5.36. The van der Waals surface area contributed by atoms with E-state index in [1.54, 1.807) is 6.08 Å². The van der Waals surface area contributed by atoms with E-state index in [1.165, 1.54) is 0 Å². The molecule has 1 aliphatic heterocycles. The van der Waals surface area contributed by atoms with E-state index < -0.39 is 5.97 Å². The molecular formula is C15H19NO2. The second-order valence-corrected chi connectivity index (χ2v) is 4.97. The average Bonchev–Trinajstić information content (AvgIpc) is 2.39. The van der Waals surface area contributed by atoms with Gasteiger partial charge in [0.1, 0.15) is 0 Å². The smallest absolute Gasteiger partial charge is 0.308 e. The molecule has 1 fully saturated rings. The van der Waals surface area contributed by atoms with E-state index in [0.29, 0.717) is 6.54 Å². The van der Waals surface area contributed by atoms with Crippen molar-refractivity contribution in [2.24, 2.45) is 5.92 Å². The number of aliphatic carboxylic acids is 1. The summed E-state index contributed by atoms with van der Waals surface area (Å²) < 4.78 is 0. The van der Waals surface area contributed by atoms with E-state index in [0.717, 1.165) is 24.1 Å². The molecule has 0 radical (unpaired) electrons. The number of nitrogens with zero attached hydrogens (tertiary/aromatic N) is 1. The summed E-state index contributed by atoms with van der Waals surface area (Å²) >= 11 is 0.